The van der Waals surface area contributed by atoms with Crippen LogP contribution in [0.1, 0.15) is 43.5 Å². The Hall–Kier alpha value is -1.13. The van der Waals surface area contributed by atoms with Crippen molar-refractivity contribution in [2.75, 3.05) is 13.2 Å². The van der Waals surface area contributed by atoms with E-state index in [1.807, 2.05) is 13.8 Å². The van der Waals surface area contributed by atoms with E-state index >= 15 is 0 Å². The van der Waals surface area contributed by atoms with Crippen LogP contribution in [0.4, 0.5) is 4.39 Å². The summed E-state index contributed by atoms with van der Waals surface area (Å²) in [7, 11) is 0. The van der Waals surface area contributed by atoms with Crippen LogP contribution in [0, 0.1) is 11.2 Å². The van der Waals surface area contributed by atoms with E-state index < -0.39 is 11.7 Å². The monoisotopic (exact) mass is 301 g/mol. The van der Waals surface area contributed by atoms with Crippen molar-refractivity contribution in [2.24, 2.45) is 5.41 Å². The Morgan fingerprint density at radius 2 is 2.05 bits per heavy atom. The molecule has 5 heteroatoms. The van der Waals surface area contributed by atoms with E-state index in [9.17, 15) is 9.18 Å². The number of carbonyl (C=O) groups is 1. The molecule has 0 aromatic heterocycles. The molecule has 0 spiro atoms. The molecule has 0 unspecified atom stereocenters. The molecule has 0 bridgehead atoms. The first-order valence-electron chi connectivity index (χ1n) is 6.82. The largest absolute Gasteiger partial charge is 0.396 e. The van der Waals surface area contributed by atoms with Gasteiger partial charge in [0.05, 0.1) is 5.56 Å². The van der Waals surface area contributed by atoms with Gasteiger partial charge in [0.25, 0.3) is 5.91 Å². The molecule has 1 aromatic rings. The highest BCUT2D eigenvalue weighted by atomic mass is 35.5. The van der Waals surface area contributed by atoms with Crippen LogP contribution in [0.25, 0.3) is 0 Å². The second kappa shape index (κ2) is 7.60. The van der Waals surface area contributed by atoms with E-state index in [0.717, 1.165) is 12.8 Å². The Bertz CT molecular complexity index is 461. The van der Waals surface area contributed by atoms with Crippen LogP contribution >= 0.6 is 11.6 Å². The predicted molar refractivity (Wildman–Crippen MR) is 78.5 cm³/mol. The van der Waals surface area contributed by atoms with Gasteiger partial charge >= 0.3 is 0 Å². The second-order valence-electron chi connectivity index (χ2n) is 4.99. The number of halogens is 2. The van der Waals surface area contributed by atoms with Crippen molar-refractivity contribution in [3.05, 3.63) is 34.6 Å². The molecule has 0 saturated heterocycles. The fraction of sp³-hybridized carbons (Fsp3) is 0.533. The zero-order valence-electron chi connectivity index (χ0n) is 11.9. The van der Waals surface area contributed by atoms with Crippen LogP contribution in [0.5, 0.6) is 0 Å². The molecule has 0 fully saturated rings. The number of aliphatic hydroxyl groups excluding tert-OH is 1. The van der Waals surface area contributed by atoms with Crippen LogP contribution < -0.4 is 5.32 Å². The van der Waals surface area contributed by atoms with Gasteiger partial charge in [-0.2, -0.15) is 0 Å². The number of nitrogens with one attached hydrogen (secondary N) is 1. The Balaban J connectivity index is 2.77. The normalized spacial score (nSPS) is 11.4. The van der Waals surface area contributed by atoms with Gasteiger partial charge in [-0.3, -0.25) is 4.79 Å². The summed E-state index contributed by atoms with van der Waals surface area (Å²) in [6.07, 6.45) is 2.28. The third-order valence-electron chi connectivity index (χ3n) is 3.94. The minimum Gasteiger partial charge on any atom is -0.396 e. The molecule has 0 heterocycles. The van der Waals surface area contributed by atoms with Crippen molar-refractivity contribution in [1.82, 2.24) is 5.32 Å². The summed E-state index contributed by atoms with van der Waals surface area (Å²) in [4.78, 5) is 12.0. The molecule has 112 valence electrons. The lowest BCUT2D eigenvalue weighted by molar-refractivity contribution is 0.0903. The van der Waals surface area contributed by atoms with Crippen molar-refractivity contribution in [1.29, 1.82) is 0 Å². The zero-order valence-corrected chi connectivity index (χ0v) is 12.6. The van der Waals surface area contributed by atoms with Crippen LogP contribution in [0.2, 0.25) is 5.02 Å². The summed E-state index contributed by atoms with van der Waals surface area (Å²) in [5, 5.41) is 12.2. The number of hydrogen-bond acceptors (Lipinski definition) is 2. The van der Waals surface area contributed by atoms with Crippen molar-refractivity contribution < 1.29 is 14.3 Å². The molecule has 1 aromatic carbocycles. The first-order chi connectivity index (χ1) is 9.48. The molecule has 1 amide bonds. The summed E-state index contributed by atoms with van der Waals surface area (Å²) in [5.74, 6) is -1.07. The van der Waals surface area contributed by atoms with Crippen LogP contribution in [0.15, 0.2) is 18.2 Å². The number of aliphatic hydroxyl groups is 1. The second-order valence-corrected chi connectivity index (χ2v) is 5.42. The molecule has 0 aliphatic heterocycles. The average Bonchev–Trinajstić information content (AvgIpc) is 2.46. The minimum absolute atomic E-state index is 0.0531. The standard InChI is InChI=1S/C15H21ClFNO2/c1-3-15(4-2,7-8-19)10-18-14(20)12-9-11(16)5-6-13(12)17/h5-6,9,19H,3-4,7-8,10H2,1-2H3,(H,18,20). The van der Waals surface area contributed by atoms with Crippen molar-refractivity contribution >= 4 is 17.5 Å². The topological polar surface area (TPSA) is 49.3 Å². The summed E-state index contributed by atoms with van der Waals surface area (Å²) in [6, 6.07) is 3.90. The van der Waals surface area contributed by atoms with Gasteiger partial charge in [0, 0.05) is 18.2 Å². The van der Waals surface area contributed by atoms with Gasteiger partial charge in [0.1, 0.15) is 5.82 Å². The van der Waals surface area contributed by atoms with Crippen molar-refractivity contribution in [2.45, 2.75) is 33.1 Å². The maximum absolute atomic E-state index is 13.6. The maximum atomic E-state index is 13.6. The molecule has 0 radical (unpaired) electrons. The molecular formula is C15H21ClFNO2. The van der Waals surface area contributed by atoms with Gasteiger partial charge in [-0.25, -0.2) is 4.39 Å². The van der Waals surface area contributed by atoms with Crippen molar-refractivity contribution in [3.8, 4) is 0 Å². The molecular weight excluding hydrogens is 281 g/mol. The Labute approximate surface area is 124 Å². The molecule has 0 saturated carbocycles. The Morgan fingerprint density at radius 3 is 2.60 bits per heavy atom. The van der Waals surface area contributed by atoms with E-state index in [-0.39, 0.29) is 17.6 Å². The highest BCUT2D eigenvalue weighted by molar-refractivity contribution is 6.30. The quantitative estimate of drug-likeness (QED) is 0.811. The van der Waals surface area contributed by atoms with Crippen LogP contribution in [0.3, 0.4) is 0 Å². The van der Waals surface area contributed by atoms with Crippen molar-refractivity contribution in [3.63, 3.8) is 0 Å². The summed E-state index contributed by atoms with van der Waals surface area (Å²) >= 11 is 5.78. The number of rotatable bonds is 7. The SMILES string of the molecule is CCC(CC)(CCO)CNC(=O)c1cc(Cl)ccc1F. The summed E-state index contributed by atoms with van der Waals surface area (Å²) in [6.45, 7) is 4.52. The summed E-state index contributed by atoms with van der Waals surface area (Å²) < 4.78 is 13.6. The Kier molecular flexibility index (Phi) is 6.43. The lowest BCUT2D eigenvalue weighted by Gasteiger charge is -2.31. The van der Waals surface area contributed by atoms with E-state index in [1.54, 1.807) is 0 Å². The fourth-order valence-corrected chi connectivity index (χ4v) is 2.39. The van der Waals surface area contributed by atoms with E-state index in [2.05, 4.69) is 5.32 Å². The smallest absolute Gasteiger partial charge is 0.254 e. The molecule has 3 nitrogen and oxygen atoms in total. The van der Waals surface area contributed by atoms with Gasteiger partial charge < -0.3 is 10.4 Å². The Morgan fingerprint density at radius 1 is 1.40 bits per heavy atom. The molecule has 0 aliphatic carbocycles. The van der Waals surface area contributed by atoms with Crippen LogP contribution in [-0.4, -0.2) is 24.2 Å². The zero-order chi connectivity index (χ0) is 15.2. The minimum atomic E-state index is -0.590. The molecule has 20 heavy (non-hydrogen) atoms. The summed E-state index contributed by atoms with van der Waals surface area (Å²) in [5.41, 5.74) is -0.206. The van der Waals surface area contributed by atoms with Gasteiger partial charge in [0.2, 0.25) is 0 Å². The fourth-order valence-electron chi connectivity index (χ4n) is 2.21. The van der Waals surface area contributed by atoms with Gasteiger partial charge in [-0.1, -0.05) is 25.4 Å². The maximum Gasteiger partial charge on any atom is 0.254 e. The van der Waals surface area contributed by atoms with Gasteiger partial charge in [-0.05, 0) is 42.9 Å². The predicted octanol–water partition coefficient (Wildman–Crippen LogP) is 3.40. The molecule has 2 N–H and O–H groups in total. The van der Waals surface area contributed by atoms with E-state index in [0.29, 0.717) is 18.0 Å². The van der Waals surface area contributed by atoms with Gasteiger partial charge in [0.15, 0.2) is 0 Å². The van der Waals surface area contributed by atoms with Gasteiger partial charge in [-0.15, -0.1) is 0 Å². The molecule has 1 rings (SSSR count). The first-order valence-corrected chi connectivity index (χ1v) is 7.20. The lowest BCUT2D eigenvalue weighted by atomic mass is 9.79. The highest BCUT2D eigenvalue weighted by Crippen LogP contribution is 2.29. The van der Waals surface area contributed by atoms with E-state index in [4.69, 9.17) is 16.7 Å². The average molecular weight is 302 g/mol. The number of hydrogen-bond donors (Lipinski definition) is 2. The number of carbonyl (C=O) groups excluding carboxylic acids is 1. The number of amides is 1. The van der Waals surface area contributed by atoms with Crippen LogP contribution in [-0.2, 0) is 0 Å². The number of benzene rings is 1. The molecule has 0 atom stereocenters. The van der Waals surface area contributed by atoms with E-state index in [1.165, 1.54) is 18.2 Å². The molecule has 0 aliphatic rings. The lowest BCUT2D eigenvalue weighted by Crippen LogP contribution is -2.38. The third-order valence-corrected chi connectivity index (χ3v) is 4.17. The first kappa shape index (κ1) is 16.9. The highest BCUT2D eigenvalue weighted by Gasteiger charge is 2.26. The third kappa shape index (κ3) is 4.18.